The summed E-state index contributed by atoms with van der Waals surface area (Å²) >= 11 is -2.43. The van der Waals surface area contributed by atoms with Crippen molar-refractivity contribution in [3.63, 3.8) is 0 Å². The summed E-state index contributed by atoms with van der Waals surface area (Å²) in [5.74, 6) is -0.261. The maximum atomic E-state index is 12.3. The van der Waals surface area contributed by atoms with Gasteiger partial charge >= 0.3 is 6.09 Å². The molecule has 0 bridgehead atoms. The van der Waals surface area contributed by atoms with E-state index in [9.17, 15) is 18.4 Å². The Bertz CT molecular complexity index is 587. The molecular weight excluding hydrogens is 324 g/mol. The quantitative estimate of drug-likeness (QED) is 0.783. The zero-order valence-corrected chi connectivity index (χ0v) is 13.4. The van der Waals surface area contributed by atoms with Crippen molar-refractivity contribution in [2.75, 3.05) is 37.5 Å². The van der Waals surface area contributed by atoms with Crippen molar-refractivity contribution in [3.8, 4) is 0 Å². The van der Waals surface area contributed by atoms with Gasteiger partial charge in [0.1, 0.15) is 5.69 Å². The van der Waals surface area contributed by atoms with Crippen molar-refractivity contribution < 1.29 is 23.1 Å². The maximum Gasteiger partial charge on any atom is 0.409 e. The number of anilines is 1. The third-order valence-electron chi connectivity index (χ3n) is 3.28. The van der Waals surface area contributed by atoms with Gasteiger partial charge in [-0.15, -0.1) is 0 Å². The minimum Gasteiger partial charge on any atom is -0.755 e. The summed E-state index contributed by atoms with van der Waals surface area (Å²) < 4.78 is 28.1. The van der Waals surface area contributed by atoms with Crippen molar-refractivity contribution >= 4 is 29.0 Å². The SMILES string of the molecule is CCOC(=O)N1CCN(C(=O)c2ccc(NS(=O)[O-])cn2)CC1. The second-order valence-corrected chi connectivity index (χ2v) is 5.42. The number of hydrogen-bond acceptors (Lipinski definition) is 6. The number of amides is 2. The molecule has 1 atom stereocenters. The Balaban J connectivity index is 1.92. The molecule has 126 valence electrons. The molecule has 1 N–H and O–H groups in total. The highest BCUT2D eigenvalue weighted by Crippen LogP contribution is 2.11. The minimum absolute atomic E-state index is 0.219. The summed E-state index contributed by atoms with van der Waals surface area (Å²) in [5.41, 5.74) is 0.499. The second kappa shape index (κ2) is 7.88. The topological polar surface area (TPSA) is 115 Å². The van der Waals surface area contributed by atoms with E-state index in [1.807, 2.05) is 0 Å². The Morgan fingerprint density at radius 3 is 2.48 bits per heavy atom. The van der Waals surface area contributed by atoms with Gasteiger partial charge < -0.3 is 23.8 Å². The molecule has 1 aliphatic heterocycles. The van der Waals surface area contributed by atoms with Crippen LogP contribution in [-0.4, -0.2) is 68.3 Å². The van der Waals surface area contributed by atoms with Crippen LogP contribution in [0.2, 0.25) is 0 Å². The number of piperazine rings is 1. The molecule has 10 heteroatoms. The number of aromatic nitrogens is 1. The van der Waals surface area contributed by atoms with Gasteiger partial charge in [-0.05, 0) is 19.1 Å². The highest BCUT2D eigenvalue weighted by molar-refractivity contribution is 7.80. The fraction of sp³-hybridized carbons (Fsp3) is 0.462. The summed E-state index contributed by atoms with van der Waals surface area (Å²) in [6.45, 7) is 3.65. The van der Waals surface area contributed by atoms with E-state index in [-0.39, 0.29) is 23.4 Å². The number of nitrogens with one attached hydrogen (secondary N) is 1. The lowest BCUT2D eigenvalue weighted by molar-refractivity contribution is 0.0566. The van der Waals surface area contributed by atoms with Crippen LogP contribution in [0.15, 0.2) is 18.3 Å². The van der Waals surface area contributed by atoms with Gasteiger partial charge in [-0.2, -0.15) is 0 Å². The van der Waals surface area contributed by atoms with Crippen molar-refractivity contribution in [1.29, 1.82) is 0 Å². The van der Waals surface area contributed by atoms with Crippen LogP contribution < -0.4 is 4.72 Å². The number of pyridine rings is 1. The minimum atomic E-state index is -2.43. The highest BCUT2D eigenvalue weighted by atomic mass is 32.2. The number of carbonyl (C=O) groups excluding carboxylic acids is 2. The Morgan fingerprint density at radius 1 is 1.30 bits per heavy atom. The van der Waals surface area contributed by atoms with Crippen LogP contribution in [0, 0.1) is 0 Å². The van der Waals surface area contributed by atoms with Crippen LogP contribution in [0.25, 0.3) is 0 Å². The number of nitrogens with zero attached hydrogens (tertiary/aromatic N) is 3. The fourth-order valence-corrected chi connectivity index (χ4v) is 2.46. The van der Waals surface area contributed by atoms with E-state index in [1.54, 1.807) is 16.7 Å². The second-order valence-electron chi connectivity index (χ2n) is 4.75. The average molecular weight is 341 g/mol. The summed E-state index contributed by atoms with van der Waals surface area (Å²) in [6.07, 6.45) is 0.900. The molecule has 1 aromatic rings. The van der Waals surface area contributed by atoms with Gasteiger partial charge in [0.2, 0.25) is 0 Å². The van der Waals surface area contributed by atoms with E-state index in [0.29, 0.717) is 32.8 Å². The third kappa shape index (κ3) is 4.63. The molecule has 1 saturated heterocycles. The zero-order valence-electron chi connectivity index (χ0n) is 12.6. The van der Waals surface area contributed by atoms with Crippen molar-refractivity contribution in [2.24, 2.45) is 0 Å². The Morgan fingerprint density at radius 2 is 1.96 bits per heavy atom. The first-order valence-electron chi connectivity index (χ1n) is 7.04. The smallest absolute Gasteiger partial charge is 0.409 e. The Kier molecular flexibility index (Phi) is 5.88. The number of carbonyl (C=O) groups is 2. The van der Waals surface area contributed by atoms with Crippen molar-refractivity contribution in [3.05, 3.63) is 24.0 Å². The summed E-state index contributed by atoms with van der Waals surface area (Å²) in [5, 5.41) is 0. The lowest BCUT2D eigenvalue weighted by Crippen LogP contribution is -2.50. The van der Waals surface area contributed by atoms with Gasteiger partial charge in [-0.1, -0.05) is 0 Å². The molecule has 0 aromatic carbocycles. The molecule has 1 unspecified atom stereocenters. The molecule has 9 nitrogen and oxygen atoms in total. The lowest BCUT2D eigenvalue weighted by atomic mass is 10.2. The van der Waals surface area contributed by atoms with Gasteiger partial charge in [0.05, 0.1) is 18.5 Å². The van der Waals surface area contributed by atoms with Crippen LogP contribution in [0.4, 0.5) is 10.5 Å². The first-order valence-corrected chi connectivity index (χ1v) is 8.11. The highest BCUT2D eigenvalue weighted by Gasteiger charge is 2.25. The molecule has 0 spiro atoms. The molecule has 1 fully saturated rings. The van der Waals surface area contributed by atoms with E-state index in [2.05, 4.69) is 9.71 Å². The van der Waals surface area contributed by atoms with Gasteiger partial charge in [-0.3, -0.25) is 9.00 Å². The van der Waals surface area contributed by atoms with Crippen LogP contribution in [0.3, 0.4) is 0 Å². The van der Waals surface area contributed by atoms with E-state index >= 15 is 0 Å². The first kappa shape index (κ1) is 17.2. The lowest BCUT2D eigenvalue weighted by Gasteiger charge is -2.33. The van der Waals surface area contributed by atoms with Gasteiger partial charge in [-0.25, -0.2) is 9.78 Å². The van der Waals surface area contributed by atoms with Crippen molar-refractivity contribution in [2.45, 2.75) is 6.92 Å². The normalized spacial score (nSPS) is 15.9. The monoisotopic (exact) mass is 341 g/mol. The number of hydrogen-bond donors (Lipinski definition) is 1. The summed E-state index contributed by atoms with van der Waals surface area (Å²) in [7, 11) is 0. The molecule has 0 saturated carbocycles. The van der Waals surface area contributed by atoms with Crippen LogP contribution >= 0.6 is 0 Å². The standard InChI is InChI=1S/C13H18N4O5S/c1-2-22-13(19)17-7-5-16(6-8-17)12(18)11-4-3-10(9-14-11)15-23(20)21/h3-4,9,15H,2,5-8H2,1H3,(H,20,21)/p-1. The predicted octanol–water partition coefficient (Wildman–Crippen LogP) is 0.202. The largest absolute Gasteiger partial charge is 0.755 e. The summed E-state index contributed by atoms with van der Waals surface area (Å²) in [6, 6.07) is 2.92. The first-order chi connectivity index (χ1) is 11.0. The van der Waals surface area contributed by atoms with Crippen LogP contribution in [0.5, 0.6) is 0 Å². The molecule has 2 amide bonds. The van der Waals surface area contributed by atoms with E-state index in [0.717, 1.165) is 0 Å². The molecule has 1 aliphatic rings. The maximum absolute atomic E-state index is 12.3. The van der Waals surface area contributed by atoms with Crippen LogP contribution in [-0.2, 0) is 16.0 Å². The van der Waals surface area contributed by atoms with Crippen LogP contribution in [0.1, 0.15) is 17.4 Å². The van der Waals surface area contributed by atoms with E-state index in [1.165, 1.54) is 18.3 Å². The zero-order chi connectivity index (χ0) is 16.8. The number of rotatable bonds is 4. The number of ether oxygens (including phenoxy) is 1. The molecule has 23 heavy (non-hydrogen) atoms. The molecule has 0 radical (unpaired) electrons. The van der Waals surface area contributed by atoms with E-state index in [4.69, 9.17) is 4.74 Å². The van der Waals surface area contributed by atoms with Gasteiger partial charge in [0.25, 0.3) is 5.91 Å². The predicted molar refractivity (Wildman–Crippen MR) is 81.3 cm³/mol. The fourth-order valence-electron chi connectivity index (χ4n) is 2.15. The molecule has 0 aliphatic carbocycles. The van der Waals surface area contributed by atoms with E-state index < -0.39 is 11.3 Å². The molecule has 2 rings (SSSR count). The van der Waals surface area contributed by atoms with Crippen molar-refractivity contribution in [1.82, 2.24) is 14.8 Å². The molecule has 2 heterocycles. The third-order valence-corrected chi connectivity index (χ3v) is 3.68. The Hall–Kier alpha value is -2.20. The van der Waals surface area contributed by atoms with Gasteiger partial charge in [0, 0.05) is 37.4 Å². The Labute approximate surface area is 136 Å². The molecule has 1 aromatic heterocycles. The van der Waals surface area contributed by atoms with Gasteiger partial charge in [0.15, 0.2) is 0 Å². The average Bonchev–Trinajstić information content (AvgIpc) is 2.55. The molecular formula is C13H17N4O5S-. The summed E-state index contributed by atoms with van der Waals surface area (Å²) in [4.78, 5) is 31.0.